The normalized spacial score (nSPS) is 11.4. The van der Waals surface area contributed by atoms with E-state index in [4.69, 9.17) is 5.11 Å². The maximum atomic E-state index is 13.1. The highest BCUT2D eigenvalue weighted by molar-refractivity contribution is 7.92. The molecule has 2 rings (SSSR count). The van der Waals surface area contributed by atoms with Gasteiger partial charge in [-0.05, 0) is 12.1 Å². The largest absolute Gasteiger partial charge is 0.505 e. The Hall–Kier alpha value is -2.09. The average Bonchev–Trinajstić information content (AvgIpc) is 2.71. The predicted octanol–water partition coefficient (Wildman–Crippen LogP) is 1.07. The number of halogens is 1. The summed E-state index contributed by atoms with van der Waals surface area (Å²) in [7, 11) is -2.22. The van der Waals surface area contributed by atoms with Gasteiger partial charge < -0.3 is 5.11 Å². The number of phenols is 1. The van der Waals surface area contributed by atoms with Crippen LogP contribution in [0, 0.1) is 5.82 Å². The van der Waals surface area contributed by atoms with Gasteiger partial charge in [-0.3, -0.25) is 9.40 Å². The number of benzene rings is 1. The van der Waals surface area contributed by atoms with Crippen molar-refractivity contribution in [2.24, 2.45) is 7.05 Å². The van der Waals surface area contributed by atoms with E-state index in [0.717, 1.165) is 12.1 Å². The summed E-state index contributed by atoms with van der Waals surface area (Å²) in [6.45, 7) is 0. The molecule has 96 valence electrons. The summed E-state index contributed by atoms with van der Waals surface area (Å²) in [6.07, 6.45) is 2.50. The number of aryl methyl sites for hydroxylation is 1. The molecule has 0 spiro atoms. The minimum Gasteiger partial charge on any atom is -0.505 e. The zero-order valence-corrected chi connectivity index (χ0v) is 10.1. The number of hydrogen-bond acceptors (Lipinski definition) is 4. The molecule has 0 saturated carbocycles. The molecule has 2 N–H and O–H groups in total. The topological polar surface area (TPSA) is 84.2 Å². The van der Waals surface area contributed by atoms with Crippen LogP contribution in [-0.2, 0) is 17.1 Å². The molecule has 0 saturated heterocycles. The molecular formula is C10H10FN3O3S. The number of aromatic hydroxyl groups is 1. The molecule has 2 aromatic rings. The van der Waals surface area contributed by atoms with Gasteiger partial charge in [-0.25, -0.2) is 12.8 Å². The first kappa shape index (κ1) is 12.4. The van der Waals surface area contributed by atoms with Gasteiger partial charge in [0, 0.05) is 19.3 Å². The minimum absolute atomic E-state index is 0.0224. The third-order valence-corrected chi connectivity index (χ3v) is 3.53. The fourth-order valence-corrected chi connectivity index (χ4v) is 2.35. The van der Waals surface area contributed by atoms with Crippen molar-refractivity contribution >= 4 is 15.7 Å². The van der Waals surface area contributed by atoms with Crippen molar-refractivity contribution in [2.75, 3.05) is 4.72 Å². The van der Waals surface area contributed by atoms with Crippen LogP contribution in [0.2, 0.25) is 0 Å². The molecule has 0 atom stereocenters. The number of sulfonamides is 1. The lowest BCUT2D eigenvalue weighted by Gasteiger charge is -2.06. The molecule has 0 unspecified atom stereocenters. The molecule has 0 aliphatic carbocycles. The standard InChI is InChI=1S/C10H10FN3O3S/c1-14-6-8(5-12-14)18(16,17)13-7-2-3-10(15)9(11)4-7/h2-6,13,15H,1H3. The van der Waals surface area contributed by atoms with Gasteiger partial charge in [0.25, 0.3) is 10.0 Å². The van der Waals surface area contributed by atoms with Gasteiger partial charge in [-0.2, -0.15) is 5.10 Å². The lowest BCUT2D eigenvalue weighted by molar-refractivity contribution is 0.432. The van der Waals surface area contributed by atoms with Gasteiger partial charge in [0.15, 0.2) is 11.6 Å². The quantitative estimate of drug-likeness (QED) is 0.818. The first-order valence-corrected chi connectivity index (χ1v) is 6.37. The van der Waals surface area contributed by atoms with Crippen LogP contribution in [0.25, 0.3) is 0 Å². The van der Waals surface area contributed by atoms with Crippen molar-refractivity contribution in [3.05, 3.63) is 36.4 Å². The molecule has 8 heteroatoms. The molecule has 0 aliphatic heterocycles. The Morgan fingerprint density at radius 2 is 2.17 bits per heavy atom. The molecule has 1 heterocycles. The molecule has 0 bridgehead atoms. The van der Waals surface area contributed by atoms with E-state index in [0.29, 0.717) is 0 Å². The van der Waals surface area contributed by atoms with E-state index < -0.39 is 21.6 Å². The van der Waals surface area contributed by atoms with Gasteiger partial charge in [0.1, 0.15) is 4.90 Å². The van der Waals surface area contributed by atoms with E-state index >= 15 is 0 Å². The lowest BCUT2D eigenvalue weighted by atomic mass is 10.3. The van der Waals surface area contributed by atoms with Gasteiger partial charge in [0.2, 0.25) is 0 Å². The van der Waals surface area contributed by atoms with E-state index in [9.17, 15) is 12.8 Å². The van der Waals surface area contributed by atoms with Crippen LogP contribution in [-0.4, -0.2) is 23.3 Å². The monoisotopic (exact) mass is 271 g/mol. The molecular weight excluding hydrogens is 261 g/mol. The van der Waals surface area contributed by atoms with Crippen molar-refractivity contribution in [3.63, 3.8) is 0 Å². The van der Waals surface area contributed by atoms with Crippen LogP contribution in [0.3, 0.4) is 0 Å². The van der Waals surface area contributed by atoms with Crippen LogP contribution in [0.4, 0.5) is 10.1 Å². The summed E-state index contributed by atoms with van der Waals surface area (Å²) >= 11 is 0. The number of nitrogens with zero attached hydrogens (tertiary/aromatic N) is 2. The second kappa shape index (κ2) is 4.30. The Morgan fingerprint density at radius 1 is 1.44 bits per heavy atom. The number of anilines is 1. The fourth-order valence-electron chi connectivity index (χ4n) is 1.32. The fraction of sp³-hybridized carbons (Fsp3) is 0.100. The lowest BCUT2D eigenvalue weighted by Crippen LogP contribution is -2.12. The van der Waals surface area contributed by atoms with Crippen LogP contribution >= 0.6 is 0 Å². The molecule has 6 nitrogen and oxygen atoms in total. The summed E-state index contributed by atoms with van der Waals surface area (Å²) in [6, 6.07) is 3.21. The van der Waals surface area contributed by atoms with Crippen molar-refractivity contribution in [3.8, 4) is 5.75 Å². The molecule has 0 amide bonds. The van der Waals surface area contributed by atoms with Gasteiger partial charge in [0.05, 0.1) is 11.9 Å². The highest BCUT2D eigenvalue weighted by atomic mass is 32.2. The van der Waals surface area contributed by atoms with E-state index in [1.807, 2.05) is 0 Å². The molecule has 0 aliphatic rings. The Balaban J connectivity index is 2.30. The predicted molar refractivity (Wildman–Crippen MR) is 62.1 cm³/mol. The molecule has 1 aromatic heterocycles. The smallest absolute Gasteiger partial charge is 0.265 e. The highest BCUT2D eigenvalue weighted by Crippen LogP contribution is 2.21. The van der Waals surface area contributed by atoms with E-state index in [1.165, 1.54) is 23.1 Å². The Bertz CT molecular complexity index is 681. The number of phenolic OH excluding ortho intramolecular Hbond substituents is 1. The first-order valence-electron chi connectivity index (χ1n) is 4.88. The molecule has 1 aromatic carbocycles. The molecule has 0 fully saturated rings. The van der Waals surface area contributed by atoms with E-state index in [1.54, 1.807) is 7.05 Å². The zero-order valence-electron chi connectivity index (χ0n) is 9.33. The summed E-state index contributed by atoms with van der Waals surface area (Å²) in [5.74, 6) is -1.44. The summed E-state index contributed by atoms with van der Waals surface area (Å²) in [4.78, 5) is -0.0292. The highest BCUT2D eigenvalue weighted by Gasteiger charge is 2.16. The van der Waals surface area contributed by atoms with Crippen LogP contribution in [0.1, 0.15) is 0 Å². The number of nitrogens with one attached hydrogen (secondary N) is 1. The van der Waals surface area contributed by atoms with Gasteiger partial charge in [-0.1, -0.05) is 0 Å². The summed E-state index contributed by atoms with van der Waals surface area (Å²) < 4.78 is 40.3. The number of rotatable bonds is 3. The Morgan fingerprint density at radius 3 is 2.72 bits per heavy atom. The number of hydrogen-bond donors (Lipinski definition) is 2. The Kier molecular flexibility index (Phi) is 2.95. The van der Waals surface area contributed by atoms with Crippen LogP contribution in [0.5, 0.6) is 5.75 Å². The Labute approximate surface area is 103 Å². The first-order chi connectivity index (χ1) is 8.38. The minimum atomic E-state index is -3.80. The average molecular weight is 271 g/mol. The molecule has 18 heavy (non-hydrogen) atoms. The third kappa shape index (κ3) is 2.43. The second-order valence-corrected chi connectivity index (χ2v) is 5.30. The third-order valence-electron chi connectivity index (χ3n) is 2.19. The SMILES string of the molecule is Cn1cc(S(=O)(=O)Nc2ccc(O)c(F)c2)cn1. The molecule has 0 radical (unpaired) electrons. The summed E-state index contributed by atoms with van der Waals surface area (Å²) in [5, 5.41) is 12.7. The summed E-state index contributed by atoms with van der Waals surface area (Å²) in [5.41, 5.74) is 0.0224. The zero-order chi connectivity index (χ0) is 13.3. The maximum Gasteiger partial charge on any atom is 0.265 e. The van der Waals surface area contributed by atoms with Crippen molar-refractivity contribution in [1.82, 2.24) is 9.78 Å². The van der Waals surface area contributed by atoms with E-state index in [-0.39, 0.29) is 10.6 Å². The second-order valence-electron chi connectivity index (χ2n) is 3.62. The maximum absolute atomic E-state index is 13.1. The van der Waals surface area contributed by atoms with Crippen molar-refractivity contribution in [2.45, 2.75) is 4.90 Å². The van der Waals surface area contributed by atoms with Crippen LogP contribution < -0.4 is 4.72 Å². The van der Waals surface area contributed by atoms with E-state index in [2.05, 4.69) is 9.82 Å². The van der Waals surface area contributed by atoms with Crippen molar-refractivity contribution in [1.29, 1.82) is 0 Å². The van der Waals surface area contributed by atoms with Gasteiger partial charge in [-0.15, -0.1) is 0 Å². The van der Waals surface area contributed by atoms with Crippen LogP contribution in [0.15, 0.2) is 35.5 Å². The number of aromatic nitrogens is 2. The van der Waals surface area contributed by atoms with Gasteiger partial charge >= 0.3 is 0 Å². The van der Waals surface area contributed by atoms with Crippen molar-refractivity contribution < 1.29 is 17.9 Å².